The molecular formula is C25H28N2O3. The van der Waals surface area contributed by atoms with Crippen LogP contribution in [0.15, 0.2) is 36.4 Å². The highest BCUT2D eigenvalue weighted by Crippen LogP contribution is 2.62. The van der Waals surface area contributed by atoms with E-state index in [0.29, 0.717) is 23.4 Å². The van der Waals surface area contributed by atoms with Crippen molar-refractivity contribution in [3.8, 4) is 17.0 Å². The number of hydrogen-bond donors (Lipinski definition) is 2. The van der Waals surface area contributed by atoms with Crippen LogP contribution in [-0.4, -0.2) is 26.4 Å². The molecule has 4 bridgehead atoms. The number of carbonyl (C=O) groups is 1. The number of rotatable bonds is 5. The number of aromatic hydroxyl groups is 1. The van der Waals surface area contributed by atoms with Crippen LogP contribution in [0.2, 0.25) is 0 Å². The Morgan fingerprint density at radius 2 is 1.73 bits per heavy atom. The maximum atomic E-state index is 11.0. The molecule has 4 aliphatic rings. The molecule has 156 valence electrons. The van der Waals surface area contributed by atoms with Gasteiger partial charge < -0.3 is 10.2 Å². The molecule has 1 aromatic carbocycles. The van der Waals surface area contributed by atoms with Crippen LogP contribution in [0.5, 0.6) is 5.75 Å². The summed E-state index contributed by atoms with van der Waals surface area (Å²) >= 11 is 0. The molecule has 5 nitrogen and oxygen atoms in total. The Bertz CT molecular complexity index is 974. The Balaban J connectivity index is 1.48. The van der Waals surface area contributed by atoms with Crippen molar-refractivity contribution in [3.05, 3.63) is 47.7 Å². The fourth-order valence-electron chi connectivity index (χ4n) is 6.72. The predicted molar refractivity (Wildman–Crippen MR) is 115 cm³/mol. The van der Waals surface area contributed by atoms with E-state index in [9.17, 15) is 9.90 Å². The summed E-state index contributed by atoms with van der Waals surface area (Å²) in [6.07, 6.45) is 9.47. The summed E-state index contributed by atoms with van der Waals surface area (Å²) in [6.45, 7) is 1.90. The van der Waals surface area contributed by atoms with Crippen LogP contribution < -0.4 is 0 Å². The number of carboxylic acid groups (broad SMARTS) is 1. The minimum atomic E-state index is -0.975. The minimum absolute atomic E-state index is 0.113. The molecule has 4 aliphatic carbocycles. The van der Waals surface area contributed by atoms with Gasteiger partial charge in [-0.2, -0.15) is 5.10 Å². The molecule has 6 rings (SSSR count). The Labute approximate surface area is 176 Å². The lowest BCUT2D eigenvalue weighted by molar-refractivity contribution is -0.131. The fraction of sp³-hybridized carbons (Fsp3) is 0.480. The monoisotopic (exact) mass is 404 g/mol. The molecule has 4 fully saturated rings. The number of hydrogen-bond acceptors (Lipinski definition) is 4. The van der Waals surface area contributed by atoms with E-state index in [1.54, 1.807) is 6.07 Å². The Morgan fingerprint density at radius 1 is 1.07 bits per heavy atom. The van der Waals surface area contributed by atoms with Crippen molar-refractivity contribution in [2.24, 2.45) is 17.8 Å². The highest BCUT2D eigenvalue weighted by molar-refractivity contribution is 5.89. The zero-order chi connectivity index (χ0) is 20.9. The van der Waals surface area contributed by atoms with E-state index in [1.807, 2.05) is 25.1 Å². The number of carboxylic acids is 1. The van der Waals surface area contributed by atoms with Crippen LogP contribution in [0.3, 0.4) is 0 Å². The average molecular weight is 405 g/mol. The molecule has 0 saturated heterocycles. The van der Waals surface area contributed by atoms with Gasteiger partial charge in [0.1, 0.15) is 5.75 Å². The van der Waals surface area contributed by atoms with Crippen LogP contribution in [0.25, 0.3) is 16.8 Å². The molecule has 5 heteroatoms. The van der Waals surface area contributed by atoms with Gasteiger partial charge in [-0.1, -0.05) is 6.92 Å². The van der Waals surface area contributed by atoms with Crippen LogP contribution in [0.4, 0.5) is 0 Å². The Hall–Kier alpha value is -2.69. The lowest BCUT2D eigenvalue weighted by atomic mass is 9.48. The maximum Gasteiger partial charge on any atom is 0.328 e. The molecular weight excluding hydrogens is 376 g/mol. The Kier molecular flexibility index (Phi) is 4.64. The van der Waals surface area contributed by atoms with E-state index >= 15 is 0 Å². The second kappa shape index (κ2) is 7.22. The van der Waals surface area contributed by atoms with Crippen LogP contribution in [0.1, 0.15) is 63.1 Å². The molecule has 0 unspecified atom stereocenters. The van der Waals surface area contributed by atoms with Crippen LogP contribution >= 0.6 is 0 Å². The van der Waals surface area contributed by atoms with Gasteiger partial charge in [0, 0.05) is 17.2 Å². The van der Waals surface area contributed by atoms with Gasteiger partial charge in [-0.25, -0.2) is 4.79 Å². The zero-order valence-corrected chi connectivity index (χ0v) is 17.3. The first-order valence-electron chi connectivity index (χ1n) is 11.1. The highest BCUT2D eigenvalue weighted by Gasteiger charge is 2.52. The smallest absolute Gasteiger partial charge is 0.328 e. The second-order valence-corrected chi connectivity index (χ2v) is 9.59. The quantitative estimate of drug-likeness (QED) is 0.670. The number of allylic oxidation sites excluding steroid dienone is 1. The molecule has 0 amide bonds. The van der Waals surface area contributed by atoms with Crippen molar-refractivity contribution < 1.29 is 15.0 Å². The lowest BCUT2D eigenvalue weighted by Crippen LogP contribution is -2.48. The third-order valence-corrected chi connectivity index (χ3v) is 7.57. The maximum absolute atomic E-state index is 11.0. The fourth-order valence-corrected chi connectivity index (χ4v) is 6.72. The summed E-state index contributed by atoms with van der Waals surface area (Å²) in [4.78, 5) is 11.0. The van der Waals surface area contributed by atoms with Gasteiger partial charge in [-0.3, -0.25) is 0 Å². The standard InChI is InChI=1S/C25H28N2O3/c1-2-18(11-24(29)30)21-4-5-22(27-26-21)19-3-6-23(28)20(10-19)25-12-15-7-16(13-25)9-17(8-15)14-25/h3-6,10-11,15-17,28H,2,7-9,12-14H2,1H3,(H,29,30)/b18-11+. The third kappa shape index (κ3) is 3.30. The van der Waals surface area contributed by atoms with Crippen LogP contribution in [-0.2, 0) is 10.2 Å². The van der Waals surface area contributed by atoms with Crippen molar-refractivity contribution in [1.29, 1.82) is 0 Å². The first kappa shape index (κ1) is 19.3. The number of phenols is 1. The van der Waals surface area contributed by atoms with Gasteiger partial charge in [0.15, 0.2) is 0 Å². The van der Waals surface area contributed by atoms with Gasteiger partial charge in [0.2, 0.25) is 0 Å². The van der Waals surface area contributed by atoms with Gasteiger partial charge in [-0.15, -0.1) is 5.10 Å². The zero-order valence-electron chi connectivity index (χ0n) is 17.3. The van der Waals surface area contributed by atoms with Crippen molar-refractivity contribution in [3.63, 3.8) is 0 Å². The van der Waals surface area contributed by atoms with Crippen molar-refractivity contribution in [2.75, 3.05) is 0 Å². The highest BCUT2D eigenvalue weighted by atomic mass is 16.4. The predicted octanol–water partition coefficient (Wildman–Crippen LogP) is 5.20. The van der Waals surface area contributed by atoms with E-state index in [2.05, 4.69) is 16.3 Å². The van der Waals surface area contributed by atoms with Crippen molar-refractivity contribution in [1.82, 2.24) is 10.2 Å². The normalized spacial score (nSPS) is 29.9. The van der Waals surface area contributed by atoms with E-state index in [1.165, 1.54) is 44.6 Å². The average Bonchev–Trinajstić information content (AvgIpc) is 2.71. The molecule has 0 aliphatic heterocycles. The third-order valence-electron chi connectivity index (χ3n) is 7.57. The van der Waals surface area contributed by atoms with E-state index in [-0.39, 0.29) is 5.41 Å². The van der Waals surface area contributed by atoms with Gasteiger partial charge in [0.25, 0.3) is 0 Å². The first-order valence-corrected chi connectivity index (χ1v) is 11.1. The summed E-state index contributed by atoms with van der Waals surface area (Å²) in [7, 11) is 0. The first-order chi connectivity index (χ1) is 14.5. The minimum Gasteiger partial charge on any atom is -0.508 e. The van der Waals surface area contributed by atoms with Crippen molar-refractivity contribution in [2.45, 2.75) is 57.3 Å². The SMILES string of the molecule is CC/C(=C\C(=O)O)c1ccc(-c2ccc(O)c(C34CC5CC(CC(C5)C3)C4)c2)nn1. The molecule has 2 N–H and O–H groups in total. The Morgan fingerprint density at radius 3 is 2.27 bits per heavy atom. The molecule has 1 aromatic heterocycles. The molecule has 4 saturated carbocycles. The molecule has 1 heterocycles. The molecule has 2 aromatic rings. The summed E-state index contributed by atoms with van der Waals surface area (Å²) in [5.41, 5.74) is 4.14. The summed E-state index contributed by atoms with van der Waals surface area (Å²) in [6, 6.07) is 9.55. The van der Waals surface area contributed by atoms with E-state index in [0.717, 1.165) is 34.6 Å². The topological polar surface area (TPSA) is 83.3 Å². The van der Waals surface area contributed by atoms with Crippen LogP contribution in [0, 0.1) is 17.8 Å². The van der Waals surface area contributed by atoms with Crippen molar-refractivity contribution >= 4 is 11.5 Å². The second-order valence-electron chi connectivity index (χ2n) is 9.59. The summed E-state index contributed by atoms with van der Waals surface area (Å²) < 4.78 is 0. The number of phenolic OH excluding ortho intramolecular Hbond substituents is 1. The molecule has 0 spiro atoms. The lowest BCUT2D eigenvalue weighted by Gasteiger charge is -2.57. The van der Waals surface area contributed by atoms with Gasteiger partial charge >= 0.3 is 5.97 Å². The summed E-state index contributed by atoms with van der Waals surface area (Å²) in [5, 5.41) is 28.5. The molecule has 30 heavy (non-hydrogen) atoms. The van der Waals surface area contributed by atoms with E-state index in [4.69, 9.17) is 5.11 Å². The molecule has 0 radical (unpaired) electrons. The number of aromatic nitrogens is 2. The number of aliphatic carboxylic acids is 1. The number of benzene rings is 1. The summed E-state index contributed by atoms with van der Waals surface area (Å²) in [5.74, 6) is 1.87. The van der Waals surface area contributed by atoms with Gasteiger partial charge in [-0.05, 0) is 104 Å². The number of nitrogens with zero attached hydrogens (tertiary/aromatic N) is 2. The van der Waals surface area contributed by atoms with E-state index < -0.39 is 5.97 Å². The van der Waals surface area contributed by atoms with Gasteiger partial charge in [0.05, 0.1) is 11.4 Å². The molecule has 0 atom stereocenters. The largest absolute Gasteiger partial charge is 0.508 e.